The predicted molar refractivity (Wildman–Crippen MR) is 68.8 cm³/mol. The van der Waals surface area contributed by atoms with Crippen molar-refractivity contribution >= 4 is 11.6 Å². The first-order chi connectivity index (χ1) is 7.81. The van der Waals surface area contributed by atoms with Gasteiger partial charge < -0.3 is 11.1 Å². The van der Waals surface area contributed by atoms with Crippen LogP contribution in [0.3, 0.4) is 0 Å². The summed E-state index contributed by atoms with van der Waals surface area (Å²) in [6.45, 7) is 2.92. The fraction of sp³-hybridized carbons (Fsp3) is 0.538. The number of hydrogen-bond donors (Lipinski definition) is 2. The molecule has 0 radical (unpaired) electrons. The van der Waals surface area contributed by atoms with E-state index in [0.29, 0.717) is 11.8 Å². The number of nitrogens with two attached hydrogens (primary N) is 1. The van der Waals surface area contributed by atoms with Gasteiger partial charge in [0.1, 0.15) is 0 Å². The highest BCUT2D eigenvalue weighted by Crippen LogP contribution is 2.32. The first-order valence-electron chi connectivity index (χ1n) is 5.97. The van der Waals surface area contributed by atoms with Crippen LogP contribution in [-0.4, -0.2) is 19.6 Å². The van der Waals surface area contributed by atoms with Gasteiger partial charge in [-0.3, -0.25) is 0 Å². The molecule has 88 valence electrons. The SMILES string of the molecule is NCC1CCNCCC1c1cccc(Cl)c1. The van der Waals surface area contributed by atoms with Gasteiger partial charge in [0.2, 0.25) is 0 Å². The maximum Gasteiger partial charge on any atom is 0.0408 e. The lowest BCUT2D eigenvalue weighted by Gasteiger charge is -2.23. The Hall–Kier alpha value is -0.570. The summed E-state index contributed by atoms with van der Waals surface area (Å²) in [7, 11) is 0. The van der Waals surface area contributed by atoms with Crippen molar-refractivity contribution in [2.75, 3.05) is 19.6 Å². The Labute approximate surface area is 102 Å². The van der Waals surface area contributed by atoms with E-state index in [2.05, 4.69) is 17.4 Å². The number of halogens is 1. The fourth-order valence-electron chi connectivity index (χ4n) is 2.57. The molecule has 0 spiro atoms. The molecule has 16 heavy (non-hydrogen) atoms. The molecular formula is C13H19ClN2. The Morgan fingerprint density at radius 1 is 1.31 bits per heavy atom. The summed E-state index contributed by atoms with van der Waals surface area (Å²) in [6, 6.07) is 8.21. The first kappa shape index (κ1) is 11.9. The molecule has 1 aliphatic heterocycles. The molecule has 1 aromatic rings. The zero-order valence-electron chi connectivity index (χ0n) is 9.45. The van der Waals surface area contributed by atoms with Crippen LogP contribution in [0.5, 0.6) is 0 Å². The summed E-state index contributed by atoms with van der Waals surface area (Å²) < 4.78 is 0. The van der Waals surface area contributed by atoms with Crippen molar-refractivity contribution in [1.29, 1.82) is 0 Å². The largest absolute Gasteiger partial charge is 0.330 e. The number of rotatable bonds is 2. The van der Waals surface area contributed by atoms with Crippen molar-refractivity contribution in [3.05, 3.63) is 34.9 Å². The molecule has 0 aromatic heterocycles. The lowest BCUT2D eigenvalue weighted by atomic mass is 9.82. The van der Waals surface area contributed by atoms with Crippen LogP contribution in [0, 0.1) is 5.92 Å². The molecule has 0 bridgehead atoms. The molecule has 2 rings (SSSR count). The minimum absolute atomic E-state index is 0.554. The van der Waals surface area contributed by atoms with Crippen LogP contribution in [-0.2, 0) is 0 Å². The number of nitrogens with one attached hydrogen (secondary N) is 1. The maximum absolute atomic E-state index is 6.05. The van der Waals surface area contributed by atoms with E-state index >= 15 is 0 Å². The number of hydrogen-bond acceptors (Lipinski definition) is 2. The minimum Gasteiger partial charge on any atom is -0.330 e. The Morgan fingerprint density at radius 3 is 2.88 bits per heavy atom. The lowest BCUT2D eigenvalue weighted by molar-refractivity contribution is 0.419. The van der Waals surface area contributed by atoms with Crippen LogP contribution in [0.15, 0.2) is 24.3 Å². The summed E-state index contributed by atoms with van der Waals surface area (Å²) in [5.41, 5.74) is 7.22. The predicted octanol–water partition coefficient (Wildman–Crippen LogP) is 2.38. The van der Waals surface area contributed by atoms with Crippen LogP contribution in [0.4, 0.5) is 0 Å². The van der Waals surface area contributed by atoms with E-state index in [9.17, 15) is 0 Å². The molecule has 1 saturated heterocycles. The smallest absolute Gasteiger partial charge is 0.0408 e. The molecule has 3 heteroatoms. The molecule has 2 nitrogen and oxygen atoms in total. The number of benzene rings is 1. The molecular weight excluding hydrogens is 220 g/mol. The van der Waals surface area contributed by atoms with Crippen molar-refractivity contribution in [2.24, 2.45) is 11.7 Å². The van der Waals surface area contributed by atoms with Crippen molar-refractivity contribution in [3.8, 4) is 0 Å². The zero-order valence-corrected chi connectivity index (χ0v) is 10.2. The third kappa shape index (κ3) is 2.76. The molecule has 3 N–H and O–H groups in total. The third-order valence-electron chi connectivity index (χ3n) is 3.47. The first-order valence-corrected chi connectivity index (χ1v) is 6.35. The van der Waals surface area contributed by atoms with E-state index in [4.69, 9.17) is 17.3 Å². The van der Waals surface area contributed by atoms with E-state index in [-0.39, 0.29) is 0 Å². The Bertz CT molecular complexity index is 340. The second kappa shape index (κ2) is 5.67. The minimum atomic E-state index is 0.554. The van der Waals surface area contributed by atoms with Gasteiger partial charge in [0.25, 0.3) is 0 Å². The fourth-order valence-corrected chi connectivity index (χ4v) is 2.76. The van der Waals surface area contributed by atoms with Gasteiger partial charge in [0.05, 0.1) is 0 Å². The molecule has 1 aliphatic rings. The van der Waals surface area contributed by atoms with E-state index in [1.54, 1.807) is 0 Å². The Morgan fingerprint density at radius 2 is 2.12 bits per heavy atom. The van der Waals surface area contributed by atoms with E-state index < -0.39 is 0 Å². The molecule has 1 fully saturated rings. The van der Waals surface area contributed by atoms with Gasteiger partial charge in [0.15, 0.2) is 0 Å². The highest BCUT2D eigenvalue weighted by molar-refractivity contribution is 6.30. The Kier molecular flexibility index (Phi) is 4.22. The highest BCUT2D eigenvalue weighted by atomic mass is 35.5. The summed E-state index contributed by atoms with van der Waals surface area (Å²) in [6.07, 6.45) is 2.32. The van der Waals surface area contributed by atoms with E-state index in [1.165, 1.54) is 5.56 Å². The summed E-state index contributed by atoms with van der Waals surface area (Å²) >= 11 is 6.05. The average Bonchev–Trinajstić information content (AvgIpc) is 2.53. The van der Waals surface area contributed by atoms with Crippen molar-refractivity contribution in [1.82, 2.24) is 5.32 Å². The molecule has 0 amide bonds. The van der Waals surface area contributed by atoms with E-state index in [1.807, 2.05) is 12.1 Å². The highest BCUT2D eigenvalue weighted by Gasteiger charge is 2.23. The standard InChI is InChI=1S/C13H19ClN2/c14-12-3-1-2-10(8-12)13-5-7-16-6-4-11(13)9-15/h1-3,8,11,13,16H,4-7,9,15H2. The van der Waals surface area contributed by atoms with Gasteiger partial charge in [-0.05, 0) is 62.0 Å². The molecule has 0 aliphatic carbocycles. The van der Waals surface area contributed by atoms with Crippen LogP contribution in [0.2, 0.25) is 5.02 Å². The molecule has 2 unspecified atom stereocenters. The Balaban J connectivity index is 2.21. The lowest BCUT2D eigenvalue weighted by Crippen LogP contribution is -2.22. The molecule has 2 atom stereocenters. The zero-order chi connectivity index (χ0) is 11.4. The summed E-state index contributed by atoms with van der Waals surface area (Å²) in [5.74, 6) is 1.13. The van der Waals surface area contributed by atoms with Gasteiger partial charge >= 0.3 is 0 Å². The normalized spacial score (nSPS) is 26.4. The van der Waals surface area contributed by atoms with Crippen molar-refractivity contribution < 1.29 is 0 Å². The van der Waals surface area contributed by atoms with Gasteiger partial charge in [-0.25, -0.2) is 0 Å². The quantitative estimate of drug-likeness (QED) is 0.830. The summed E-state index contributed by atoms with van der Waals surface area (Å²) in [4.78, 5) is 0. The van der Waals surface area contributed by atoms with Gasteiger partial charge in [-0.15, -0.1) is 0 Å². The van der Waals surface area contributed by atoms with E-state index in [0.717, 1.165) is 37.5 Å². The maximum atomic E-state index is 6.05. The second-order valence-corrected chi connectivity index (χ2v) is 4.92. The van der Waals surface area contributed by atoms with Crippen LogP contribution in [0.1, 0.15) is 24.3 Å². The third-order valence-corrected chi connectivity index (χ3v) is 3.71. The second-order valence-electron chi connectivity index (χ2n) is 4.48. The van der Waals surface area contributed by atoms with Crippen molar-refractivity contribution in [3.63, 3.8) is 0 Å². The molecule has 1 heterocycles. The van der Waals surface area contributed by atoms with Crippen LogP contribution in [0.25, 0.3) is 0 Å². The monoisotopic (exact) mass is 238 g/mol. The van der Waals surface area contributed by atoms with Gasteiger partial charge in [-0.1, -0.05) is 23.7 Å². The van der Waals surface area contributed by atoms with Crippen LogP contribution < -0.4 is 11.1 Å². The van der Waals surface area contributed by atoms with Crippen molar-refractivity contribution in [2.45, 2.75) is 18.8 Å². The van der Waals surface area contributed by atoms with Crippen LogP contribution >= 0.6 is 11.6 Å². The molecule has 1 aromatic carbocycles. The summed E-state index contributed by atoms with van der Waals surface area (Å²) in [5, 5.41) is 4.26. The van der Waals surface area contributed by atoms with Gasteiger partial charge in [0, 0.05) is 5.02 Å². The molecule has 0 saturated carbocycles. The topological polar surface area (TPSA) is 38.0 Å². The van der Waals surface area contributed by atoms with Gasteiger partial charge in [-0.2, -0.15) is 0 Å². The average molecular weight is 239 g/mol.